The molecule has 1 heterocycles. The highest BCUT2D eigenvalue weighted by Gasteiger charge is 2.46. The zero-order chi connectivity index (χ0) is 69.2. The number of likely N-dealkylation sites (N-methyl/N-ethyl adjacent to an activating group) is 7. The van der Waals surface area contributed by atoms with Gasteiger partial charge in [-0.2, -0.15) is 0 Å². The third-order valence-electron chi connectivity index (χ3n) is 16.8. The predicted octanol–water partition coefficient (Wildman–Crippen LogP) is 2.10. The van der Waals surface area contributed by atoms with Crippen LogP contribution in [0.1, 0.15) is 163 Å². The number of nitrogens with zero attached hydrogens (tertiary/aromatic N) is 7. The summed E-state index contributed by atoms with van der Waals surface area (Å²) in [7, 11) is 9.68. The largest absolute Gasteiger partial charge is 0.390 e. The van der Waals surface area contributed by atoms with Crippen LogP contribution in [-0.4, -0.2) is 244 Å². The Balaban J connectivity index is 4.48. The number of aliphatic hydroxyl groups is 2. The van der Waals surface area contributed by atoms with E-state index in [4.69, 9.17) is 5.73 Å². The Morgan fingerprint density at radius 2 is 0.910 bits per heavy atom. The number of carbonyl (C=O) groups excluding carboxylic acids is 11. The number of amides is 11. The smallest absolute Gasteiger partial charge is 0.246 e. The number of nitrogens with two attached hydrogens (primary N) is 1. The molecule has 0 bridgehead atoms. The van der Waals surface area contributed by atoms with Crippen molar-refractivity contribution in [2.75, 3.05) is 55.9 Å². The summed E-state index contributed by atoms with van der Waals surface area (Å²) >= 11 is 0. The van der Waals surface area contributed by atoms with Crippen LogP contribution in [0, 0.1) is 35.5 Å². The van der Waals surface area contributed by atoms with Crippen molar-refractivity contribution in [1.29, 1.82) is 0 Å². The van der Waals surface area contributed by atoms with Crippen LogP contribution in [0.2, 0.25) is 0 Å². The average Bonchev–Trinajstić information content (AvgIpc) is 2.33. The first-order valence-corrected chi connectivity index (χ1v) is 31.8. The third kappa shape index (κ3) is 22.6. The second-order valence-electron chi connectivity index (χ2n) is 27.3. The number of allylic oxidation sites excluding steroid dienone is 2. The van der Waals surface area contributed by atoms with Gasteiger partial charge < -0.3 is 71.5 Å². The van der Waals surface area contributed by atoms with Crippen molar-refractivity contribution < 1.29 is 63.0 Å². The lowest BCUT2D eigenvalue weighted by molar-refractivity contribution is -0.157. The lowest BCUT2D eigenvalue weighted by atomic mass is 9.91. The van der Waals surface area contributed by atoms with Crippen molar-refractivity contribution in [2.45, 2.75) is 241 Å². The molecule has 25 heteroatoms. The van der Waals surface area contributed by atoms with Gasteiger partial charge in [0.05, 0.1) is 11.7 Å². The second kappa shape index (κ2) is 36.0. The van der Waals surface area contributed by atoms with Crippen LogP contribution in [0.25, 0.3) is 0 Å². The molecular formula is C64H116N12O13. The minimum absolute atomic E-state index is 0.0459. The summed E-state index contributed by atoms with van der Waals surface area (Å²) in [5.41, 5.74) is 4.51. The Bertz CT molecular complexity index is 2450. The topological polar surface area (TPSA) is 325 Å². The van der Waals surface area contributed by atoms with Gasteiger partial charge in [-0.3, -0.25) is 52.7 Å². The fourth-order valence-electron chi connectivity index (χ4n) is 11.3. The van der Waals surface area contributed by atoms with E-state index in [1.165, 1.54) is 96.6 Å². The Hall–Kier alpha value is -6.21. The van der Waals surface area contributed by atoms with Crippen LogP contribution in [0.4, 0.5) is 0 Å². The number of hydrogen-bond acceptors (Lipinski definition) is 14. The molecule has 89 heavy (non-hydrogen) atoms. The Labute approximate surface area is 531 Å². The maximum absolute atomic E-state index is 15.2. The molecular weight excluding hydrogens is 1140 g/mol. The summed E-state index contributed by atoms with van der Waals surface area (Å²) in [5.74, 6) is -10.5. The molecule has 0 spiro atoms. The van der Waals surface area contributed by atoms with Gasteiger partial charge in [-0.05, 0) is 115 Å². The maximum Gasteiger partial charge on any atom is 0.246 e. The molecule has 1 aliphatic heterocycles. The minimum Gasteiger partial charge on any atom is -0.390 e. The van der Waals surface area contributed by atoms with Gasteiger partial charge in [-0.25, -0.2) is 0 Å². The van der Waals surface area contributed by atoms with Gasteiger partial charge in [0.25, 0.3) is 0 Å². The zero-order valence-electron chi connectivity index (χ0n) is 58.3. The maximum atomic E-state index is 15.2. The molecule has 0 radical (unpaired) electrons. The number of rotatable bonds is 17. The number of nitrogens with one attached hydrogen (secondary N) is 4. The van der Waals surface area contributed by atoms with E-state index in [0.29, 0.717) is 0 Å². The second-order valence-corrected chi connectivity index (χ2v) is 27.3. The van der Waals surface area contributed by atoms with Gasteiger partial charge in [0.1, 0.15) is 66.5 Å². The van der Waals surface area contributed by atoms with E-state index in [0.717, 1.165) is 14.7 Å². The Kier molecular flexibility index (Phi) is 32.7. The summed E-state index contributed by atoms with van der Waals surface area (Å²) in [4.78, 5) is 170. The van der Waals surface area contributed by atoms with Gasteiger partial charge in [0.15, 0.2) is 0 Å². The summed E-state index contributed by atoms with van der Waals surface area (Å²) in [6, 6.07) is -14.5. The first kappa shape index (κ1) is 80.8. The number of carbonyl (C=O) groups is 11. The molecule has 1 unspecified atom stereocenters. The summed E-state index contributed by atoms with van der Waals surface area (Å²) < 4.78 is 0. The molecule has 0 aromatic carbocycles. The van der Waals surface area contributed by atoms with Crippen LogP contribution in [-0.2, 0) is 52.7 Å². The van der Waals surface area contributed by atoms with Gasteiger partial charge in [-0.1, -0.05) is 95.2 Å². The van der Waals surface area contributed by atoms with E-state index in [1.807, 2.05) is 41.5 Å². The summed E-state index contributed by atoms with van der Waals surface area (Å²) in [5, 5.41) is 34.3. The minimum atomic E-state index is -1.66. The van der Waals surface area contributed by atoms with Crippen molar-refractivity contribution in [3.8, 4) is 0 Å². The first-order valence-electron chi connectivity index (χ1n) is 31.8. The van der Waals surface area contributed by atoms with Gasteiger partial charge in [-0.15, -0.1) is 0 Å². The molecule has 11 amide bonds. The molecule has 1 aliphatic rings. The number of aliphatic hydroxyl groups excluding tert-OH is 1. The van der Waals surface area contributed by atoms with Crippen LogP contribution >= 0.6 is 0 Å². The normalized spacial score (nSPS) is 27.2. The van der Waals surface area contributed by atoms with Crippen LogP contribution in [0.15, 0.2) is 12.2 Å². The quantitative estimate of drug-likeness (QED) is 0.103. The van der Waals surface area contributed by atoms with Crippen molar-refractivity contribution in [1.82, 2.24) is 55.6 Å². The van der Waals surface area contributed by atoms with Crippen LogP contribution in [0.3, 0.4) is 0 Å². The highest BCUT2D eigenvalue weighted by Crippen LogP contribution is 2.26. The van der Waals surface area contributed by atoms with Crippen molar-refractivity contribution in [2.24, 2.45) is 41.2 Å². The molecule has 1 saturated heterocycles. The molecule has 13 atom stereocenters. The predicted molar refractivity (Wildman–Crippen MR) is 342 cm³/mol. The molecule has 0 aliphatic carbocycles. The molecule has 25 nitrogen and oxygen atoms in total. The van der Waals surface area contributed by atoms with Crippen molar-refractivity contribution >= 4 is 65.0 Å². The van der Waals surface area contributed by atoms with Gasteiger partial charge in [0, 0.05) is 55.8 Å². The molecule has 0 saturated carbocycles. The van der Waals surface area contributed by atoms with Crippen LogP contribution in [0.5, 0.6) is 0 Å². The molecule has 8 N–H and O–H groups in total. The van der Waals surface area contributed by atoms with Crippen molar-refractivity contribution in [3.05, 3.63) is 12.2 Å². The molecule has 510 valence electrons. The zero-order valence-corrected chi connectivity index (χ0v) is 58.3. The van der Waals surface area contributed by atoms with E-state index >= 15 is 14.4 Å². The van der Waals surface area contributed by atoms with E-state index in [-0.39, 0.29) is 69.2 Å². The fraction of sp³-hybridized carbons (Fsp3) is 0.797. The van der Waals surface area contributed by atoms with E-state index in [2.05, 4.69) is 21.3 Å². The lowest BCUT2D eigenvalue weighted by Crippen LogP contribution is -2.64. The first-order chi connectivity index (χ1) is 41.0. The molecule has 1 rings (SSSR count). The molecule has 0 aromatic rings. The molecule has 1 fully saturated rings. The van der Waals surface area contributed by atoms with E-state index in [9.17, 15) is 48.6 Å². The van der Waals surface area contributed by atoms with Gasteiger partial charge >= 0.3 is 0 Å². The molecule has 0 aromatic heterocycles. The van der Waals surface area contributed by atoms with Crippen LogP contribution < -0.4 is 27.0 Å². The highest BCUT2D eigenvalue weighted by molar-refractivity contribution is 6.00. The number of hydrogen-bond donors (Lipinski definition) is 7. The third-order valence-corrected chi connectivity index (χ3v) is 16.8. The Morgan fingerprint density at radius 1 is 0.494 bits per heavy atom. The van der Waals surface area contributed by atoms with E-state index in [1.54, 1.807) is 60.6 Å². The highest BCUT2D eigenvalue weighted by atomic mass is 16.3. The monoisotopic (exact) mass is 1260 g/mol. The van der Waals surface area contributed by atoms with Gasteiger partial charge in [0.2, 0.25) is 65.0 Å². The fourth-order valence-corrected chi connectivity index (χ4v) is 11.3. The summed E-state index contributed by atoms with van der Waals surface area (Å²) in [6.45, 7) is 28.6. The summed E-state index contributed by atoms with van der Waals surface area (Å²) in [6.07, 6.45) is 2.14. The Morgan fingerprint density at radius 3 is 1.36 bits per heavy atom. The van der Waals surface area contributed by atoms with E-state index < -0.39 is 161 Å². The van der Waals surface area contributed by atoms with Crippen molar-refractivity contribution in [3.63, 3.8) is 0 Å². The standard InChI is InChI=1S/C64H116N12O13/c1-25-27-28-40(13)52(77)51-56(81)68-43(26-2)58(83)70(18)44(29-30-65)59(84)74(22)48(34-64(16,17)89)55(80)69-49(38(9)10)62(87)71(19)45(31-35(3)4)54(79)66-41(14)53(78)67-42(15)57(82)72(20)46(32-36(5)6)60(85)73(21)47(33-37(7)8)61(86)75(23)50(39(11)12)63(88)76(51)24/h25,27,35-52,77,89H,26,28-34,65H2,1-24H3,(H,66,79)(H,67,78)(H,68,81)(H,69,80)/b27-25+/t40-,41-,42+,43+,44-,45-,46-,47+,48+,49-,50+,51?,52-/m1/s1. The SMILES string of the molecule is C/C=C/C[C@@H](C)[C@@H](O)C1C(=O)N[C@@H](CC)C(=O)N(C)[C@H](CCN)C(=O)N(C)[C@@H](CC(C)(C)O)C(=O)N[C@H](C(C)C)C(=O)N(C)[C@H](CC(C)C)C(=O)N[C@H](C)C(=O)N[C@@H](C)C(=O)N(C)[C@H](CC(C)C)C(=O)N(C)[C@@H](CC(C)C)C(=O)N(C)[C@@H](C(C)C)C(=O)N1C. The lowest BCUT2D eigenvalue weighted by Gasteiger charge is -2.41. The average molecular weight is 1260 g/mol.